The number of amides is 3. The van der Waals surface area contributed by atoms with E-state index in [0.29, 0.717) is 34.1 Å². The fourth-order valence-corrected chi connectivity index (χ4v) is 3.81. The SMILES string of the molecule is CCOc1ccccc1-n1c(SCC(=O)NC(=O)NC(C)(C)C)nc2ccccc2c1=O. The molecule has 1 heterocycles. The van der Waals surface area contributed by atoms with Crippen molar-refractivity contribution in [3.05, 3.63) is 58.9 Å². The van der Waals surface area contributed by atoms with Gasteiger partial charge in [0.15, 0.2) is 5.16 Å². The maximum absolute atomic E-state index is 13.4. The van der Waals surface area contributed by atoms with Gasteiger partial charge in [0, 0.05) is 5.54 Å². The highest BCUT2D eigenvalue weighted by Gasteiger charge is 2.19. The number of hydrogen-bond donors (Lipinski definition) is 2. The molecule has 8 nitrogen and oxygen atoms in total. The van der Waals surface area contributed by atoms with Crippen LogP contribution in [0.1, 0.15) is 27.7 Å². The molecule has 2 N–H and O–H groups in total. The normalized spacial score (nSPS) is 11.2. The number of thioether (sulfide) groups is 1. The fourth-order valence-electron chi connectivity index (χ4n) is 3.01. The zero-order chi connectivity index (χ0) is 23.3. The van der Waals surface area contributed by atoms with Crippen LogP contribution in [-0.4, -0.2) is 39.4 Å². The summed E-state index contributed by atoms with van der Waals surface area (Å²) in [6.07, 6.45) is 0. The van der Waals surface area contributed by atoms with E-state index in [-0.39, 0.29) is 11.3 Å². The second-order valence-electron chi connectivity index (χ2n) is 7.99. The molecule has 3 rings (SSSR count). The first kappa shape index (κ1) is 23.3. The summed E-state index contributed by atoms with van der Waals surface area (Å²) in [5, 5.41) is 5.75. The van der Waals surface area contributed by atoms with Crippen molar-refractivity contribution in [3.8, 4) is 11.4 Å². The lowest BCUT2D eigenvalue weighted by atomic mass is 10.1. The number of urea groups is 1. The van der Waals surface area contributed by atoms with Crippen LogP contribution in [0, 0.1) is 0 Å². The topological polar surface area (TPSA) is 102 Å². The van der Waals surface area contributed by atoms with Crippen molar-refractivity contribution in [2.24, 2.45) is 0 Å². The quantitative estimate of drug-likeness (QED) is 0.437. The number of fused-ring (bicyclic) bond motifs is 1. The van der Waals surface area contributed by atoms with Crippen LogP contribution in [0.25, 0.3) is 16.6 Å². The second kappa shape index (κ2) is 9.86. The van der Waals surface area contributed by atoms with Crippen molar-refractivity contribution in [1.29, 1.82) is 0 Å². The van der Waals surface area contributed by atoms with E-state index in [1.165, 1.54) is 4.57 Å². The van der Waals surface area contributed by atoms with Crippen LogP contribution in [0.2, 0.25) is 0 Å². The standard InChI is InChI=1S/C23H26N4O4S/c1-5-31-18-13-9-8-12-17(18)27-20(29)15-10-6-7-11-16(15)24-22(27)32-14-19(28)25-21(30)26-23(2,3)4/h6-13H,5,14H2,1-4H3,(H2,25,26,28,30). The summed E-state index contributed by atoms with van der Waals surface area (Å²) in [5.41, 5.74) is 0.319. The molecule has 0 spiro atoms. The summed E-state index contributed by atoms with van der Waals surface area (Å²) >= 11 is 1.07. The van der Waals surface area contributed by atoms with Gasteiger partial charge in [-0.05, 0) is 52.0 Å². The Balaban J connectivity index is 1.96. The summed E-state index contributed by atoms with van der Waals surface area (Å²) < 4.78 is 7.15. The van der Waals surface area contributed by atoms with Crippen LogP contribution in [0.5, 0.6) is 5.75 Å². The molecule has 3 amide bonds. The molecule has 9 heteroatoms. The highest BCUT2D eigenvalue weighted by atomic mass is 32.2. The van der Waals surface area contributed by atoms with Gasteiger partial charge in [-0.1, -0.05) is 36.0 Å². The van der Waals surface area contributed by atoms with E-state index in [2.05, 4.69) is 15.6 Å². The third-order valence-electron chi connectivity index (χ3n) is 4.22. The number of ether oxygens (including phenoxy) is 1. The molecule has 0 aliphatic carbocycles. The molecule has 0 aliphatic rings. The number of nitrogens with zero attached hydrogens (tertiary/aromatic N) is 2. The molecular formula is C23H26N4O4S. The van der Waals surface area contributed by atoms with Crippen molar-refractivity contribution in [2.75, 3.05) is 12.4 Å². The minimum Gasteiger partial charge on any atom is -0.492 e. The minimum absolute atomic E-state index is 0.0981. The van der Waals surface area contributed by atoms with Crippen LogP contribution in [-0.2, 0) is 4.79 Å². The minimum atomic E-state index is -0.575. The van der Waals surface area contributed by atoms with Gasteiger partial charge >= 0.3 is 6.03 Å². The lowest BCUT2D eigenvalue weighted by Crippen LogP contribution is -2.48. The molecule has 0 fully saturated rings. The maximum Gasteiger partial charge on any atom is 0.321 e. The molecule has 0 unspecified atom stereocenters. The van der Waals surface area contributed by atoms with Crippen LogP contribution in [0.15, 0.2) is 58.5 Å². The number of carbonyl (C=O) groups is 2. The Morgan fingerprint density at radius 1 is 1.09 bits per heavy atom. The Labute approximate surface area is 190 Å². The van der Waals surface area contributed by atoms with E-state index in [1.807, 2.05) is 33.8 Å². The number of imide groups is 1. The van der Waals surface area contributed by atoms with E-state index in [9.17, 15) is 14.4 Å². The molecule has 0 atom stereocenters. The zero-order valence-corrected chi connectivity index (χ0v) is 19.3. The first-order valence-electron chi connectivity index (χ1n) is 10.2. The Hall–Kier alpha value is -3.33. The number of rotatable bonds is 6. The van der Waals surface area contributed by atoms with Gasteiger partial charge in [0.2, 0.25) is 5.91 Å². The summed E-state index contributed by atoms with van der Waals surface area (Å²) in [7, 11) is 0. The van der Waals surface area contributed by atoms with Gasteiger partial charge in [-0.25, -0.2) is 9.78 Å². The molecule has 168 valence electrons. The van der Waals surface area contributed by atoms with Gasteiger partial charge in [-0.2, -0.15) is 0 Å². The van der Waals surface area contributed by atoms with E-state index in [0.717, 1.165) is 11.8 Å². The smallest absolute Gasteiger partial charge is 0.321 e. The van der Waals surface area contributed by atoms with Crippen molar-refractivity contribution >= 4 is 34.6 Å². The predicted molar refractivity (Wildman–Crippen MR) is 126 cm³/mol. The molecule has 0 aliphatic heterocycles. The number of benzene rings is 2. The van der Waals surface area contributed by atoms with Crippen molar-refractivity contribution in [3.63, 3.8) is 0 Å². The highest BCUT2D eigenvalue weighted by Crippen LogP contribution is 2.27. The number of aromatic nitrogens is 2. The average Bonchev–Trinajstić information content (AvgIpc) is 2.72. The molecular weight excluding hydrogens is 428 g/mol. The van der Waals surface area contributed by atoms with Crippen LogP contribution < -0.4 is 20.9 Å². The summed E-state index contributed by atoms with van der Waals surface area (Å²) in [5.74, 6) is -0.0621. The van der Waals surface area contributed by atoms with Gasteiger partial charge in [0.05, 0.1) is 29.0 Å². The Kier molecular flexibility index (Phi) is 7.19. The molecule has 0 radical (unpaired) electrons. The second-order valence-corrected chi connectivity index (χ2v) is 8.94. The van der Waals surface area contributed by atoms with Crippen LogP contribution in [0.4, 0.5) is 4.79 Å². The Morgan fingerprint density at radius 3 is 2.50 bits per heavy atom. The van der Waals surface area contributed by atoms with Crippen molar-refractivity contribution in [2.45, 2.75) is 38.4 Å². The molecule has 0 saturated carbocycles. The third-order valence-corrected chi connectivity index (χ3v) is 5.16. The van der Waals surface area contributed by atoms with E-state index in [4.69, 9.17) is 4.74 Å². The van der Waals surface area contributed by atoms with Gasteiger partial charge in [0.1, 0.15) is 5.75 Å². The molecule has 32 heavy (non-hydrogen) atoms. The fraction of sp³-hybridized carbons (Fsp3) is 0.304. The van der Waals surface area contributed by atoms with Crippen molar-refractivity contribution in [1.82, 2.24) is 20.2 Å². The number of para-hydroxylation sites is 3. The lowest BCUT2D eigenvalue weighted by Gasteiger charge is -2.20. The van der Waals surface area contributed by atoms with E-state index in [1.54, 1.807) is 42.5 Å². The lowest BCUT2D eigenvalue weighted by molar-refractivity contribution is -0.117. The summed E-state index contributed by atoms with van der Waals surface area (Å²) in [6.45, 7) is 7.75. The predicted octanol–water partition coefficient (Wildman–Crippen LogP) is 3.50. The first-order chi connectivity index (χ1) is 15.2. The van der Waals surface area contributed by atoms with Gasteiger partial charge in [-0.3, -0.25) is 19.5 Å². The number of hydrogen-bond acceptors (Lipinski definition) is 6. The Morgan fingerprint density at radius 2 is 1.78 bits per heavy atom. The van der Waals surface area contributed by atoms with Crippen molar-refractivity contribution < 1.29 is 14.3 Å². The highest BCUT2D eigenvalue weighted by molar-refractivity contribution is 7.99. The molecule has 0 bridgehead atoms. The average molecular weight is 455 g/mol. The monoisotopic (exact) mass is 454 g/mol. The maximum atomic E-state index is 13.4. The zero-order valence-electron chi connectivity index (χ0n) is 18.5. The van der Waals surface area contributed by atoms with E-state index >= 15 is 0 Å². The summed E-state index contributed by atoms with van der Waals surface area (Å²) in [4.78, 5) is 42.3. The summed E-state index contributed by atoms with van der Waals surface area (Å²) in [6, 6.07) is 13.6. The molecule has 3 aromatic rings. The van der Waals surface area contributed by atoms with Crippen LogP contribution >= 0.6 is 11.8 Å². The van der Waals surface area contributed by atoms with Gasteiger partial charge in [-0.15, -0.1) is 0 Å². The van der Waals surface area contributed by atoms with Gasteiger partial charge in [0.25, 0.3) is 5.56 Å². The number of carbonyl (C=O) groups excluding carboxylic acids is 2. The van der Waals surface area contributed by atoms with Crippen LogP contribution in [0.3, 0.4) is 0 Å². The Bertz CT molecular complexity index is 1200. The number of nitrogens with one attached hydrogen (secondary N) is 2. The molecule has 2 aromatic carbocycles. The van der Waals surface area contributed by atoms with E-state index < -0.39 is 17.5 Å². The molecule has 1 aromatic heterocycles. The van der Waals surface area contributed by atoms with Gasteiger partial charge < -0.3 is 10.1 Å². The first-order valence-corrected chi connectivity index (χ1v) is 11.2. The largest absolute Gasteiger partial charge is 0.492 e. The third kappa shape index (κ3) is 5.67. The molecule has 0 saturated heterocycles.